The first-order chi connectivity index (χ1) is 12.4. The third-order valence-corrected chi connectivity index (χ3v) is 6.07. The summed E-state index contributed by atoms with van der Waals surface area (Å²) in [5, 5.41) is 6.16. The van der Waals surface area contributed by atoms with Crippen LogP contribution in [0.15, 0.2) is 36.5 Å². The smallest absolute Gasteiger partial charge is 0.140 e. The minimum atomic E-state index is -1.11. The molecule has 0 unspecified atom stereocenters. The van der Waals surface area contributed by atoms with Gasteiger partial charge in [0.25, 0.3) is 0 Å². The van der Waals surface area contributed by atoms with E-state index in [0.29, 0.717) is 11.9 Å². The van der Waals surface area contributed by atoms with Crippen LogP contribution in [0, 0.1) is 0 Å². The second kappa shape index (κ2) is 7.78. The van der Waals surface area contributed by atoms with Gasteiger partial charge in [-0.15, -0.1) is 0 Å². The Bertz CT molecular complexity index is 905. The van der Waals surface area contributed by atoms with Crippen molar-refractivity contribution in [2.45, 2.75) is 32.4 Å². The largest absolute Gasteiger partial charge is 0.497 e. The van der Waals surface area contributed by atoms with Gasteiger partial charge in [-0.05, 0) is 24.2 Å². The second-order valence-electron chi connectivity index (χ2n) is 7.45. The molecule has 1 aromatic carbocycles. The Labute approximate surface area is 159 Å². The van der Waals surface area contributed by atoms with Crippen LogP contribution in [0.25, 0.3) is 22.2 Å². The Morgan fingerprint density at radius 3 is 2.73 bits per heavy atom. The molecule has 5 nitrogen and oxygen atoms in total. The van der Waals surface area contributed by atoms with Crippen LogP contribution in [0.5, 0.6) is 5.75 Å². The molecule has 138 valence electrons. The number of fused-ring (bicyclic) bond motifs is 1. The Hall–Kier alpha value is -1.89. The van der Waals surface area contributed by atoms with E-state index < -0.39 is 8.07 Å². The van der Waals surface area contributed by atoms with Gasteiger partial charge in [-0.2, -0.15) is 5.10 Å². The maximum absolute atomic E-state index is 6.12. The van der Waals surface area contributed by atoms with E-state index in [2.05, 4.69) is 24.6 Å². The summed E-state index contributed by atoms with van der Waals surface area (Å²) in [7, 11) is 0.543. The van der Waals surface area contributed by atoms with Crippen molar-refractivity contribution in [2.24, 2.45) is 0 Å². The van der Waals surface area contributed by atoms with Crippen LogP contribution in [0.3, 0.4) is 0 Å². The lowest BCUT2D eigenvalue weighted by Crippen LogP contribution is -2.22. The minimum Gasteiger partial charge on any atom is -0.497 e. The molecule has 3 rings (SSSR count). The molecular formula is C19H24ClN3O2Si. The van der Waals surface area contributed by atoms with Crippen LogP contribution in [0.4, 0.5) is 0 Å². The van der Waals surface area contributed by atoms with Crippen molar-refractivity contribution in [1.82, 2.24) is 14.8 Å². The molecule has 2 heterocycles. The summed E-state index contributed by atoms with van der Waals surface area (Å²) < 4.78 is 13.1. The molecule has 0 radical (unpaired) electrons. The molecule has 0 saturated heterocycles. The predicted octanol–water partition coefficient (Wildman–Crippen LogP) is 5.07. The summed E-state index contributed by atoms with van der Waals surface area (Å²) in [6.45, 7) is 8.16. The third kappa shape index (κ3) is 4.44. The Kier molecular flexibility index (Phi) is 5.65. The quantitative estimate of drug-likeness (QED) is 0.321. The summed E-state index contributed by atoms with van der Waals surface area (Å²) in [4.78, 5) is 4.21. The summed E-state index contributed by atoms with van der Waals surface area (Å²) in [6, 6.07) is 10.8. The standard InChI is InChI=1S/C19H24ClN3O2Si/c1-24-15-7-5-6-14(10-15)19-16-11-18(20)21-12-17(16)23(22-19)13-25-8-9-26(2,3)4/h5-7,10-12H,8-9,13H2,1-4H3. The van der Waals surface area contributed by atoms with Crippen LogP contribution in [0.1, 0.15) is 0 Å². The van der Waals surface area contributed by atoms with Crippen molar-refractivity contribution in [3.8, 4) is 17.0 Å². The highest BCUT2D eigenvalue weighted by atomic mass is 35.5. The molecule has 2 aromatic heterocycles. The van der Waals surface area contributed by atoms with E-state index in [1.54, 1.807) is 13.3 Å². The third-order valence-electron chi connectivity index (χ3n) is 4.16. The first-order valence-electron chi connectivity index (χ1n) is 8.61. The lowest BCUT2D eigenvalue weighted by Gasteiger charge is -2.15. The highest BCUT2D eigenvalue weighted by Gasteiger charge is 2.15. The zero-order chi connectivity index (χ0) is 18.7. The molecule has 0 aliphatic heterocycles. The lowest BCUT2D eigenvalue weighted by atomic mass is 10.1. The van der Waals surface area contributed by atoms with Crippen molar-refractivity contribution >= 4 is 30.6 Å². The van der Waals surface area contributed by atoms with Crippen LogP contribution in [-0.4, -0.2) is 36.6 Å². The molecule has 7 heteroatoms. The fraction of sp³-hybridized carbons (Fsp3) is 0.368. The number of aromatic nitrogens is 3. The monoisotopic (exact) mass is 389 g/mol. The summed E-state index contributed by atoms with van der Waals surface area (Å²) >= 11 is 6.12. The molecule has 3 aromatic rings. The fourth-order valence-corrected chi connectivity index (χ4v) is 3.57. The van der Waals surface area contributed by atoms with E-state index >= 15 is 0 Å². The van der Waals surface area contributed by atoms with E-state index in [1.807, 2.05) is 35.0 Å². The summed E-state index contributed by atoms with van der Waals surface area (Å²) in [5.74, 6) is 0.789. The number of nitrogens with zero attached hydrogens (tertiary/aromatic N) is 3. The fourth-order valence-electron chi connectivity index (χ4n) is 2.66. The van der Waals surface area contributed by atoms with Gasteiger partial charge in [0.2, 0.25) is 0 Å². The van der Waals surface area contributed by atoms with Crippen molar-refractivity contribution in [3.05, 3.63) is 41.7 Å². The Morgan fingerprint density at radius 2 is 2.00 bits per heavy atom. The van der Waals surface area contributed by atoms with E-state index in [1.165, 1.54) is 0 Å². The zero-order valence-electron chi connectivity index (χ0n) is 15.6. The van der Waals surface area contributed by atoms with Gasteiger partial charge in [0, 0.05) is 25.6 Å². The molecule has 0 atom stereocenters. The normalized spacial score (nSPS) is 11.9. The second-order valence-corrected chi connectivity index (χ2v) is 13.5. The van der Waals surface area contributed by atoms with Gasteiger partial charge in [0.05, 0.1) is 18.8 Å². The van der Waals surface area contributed by atoms with Crippen molar-refractivity contribution < 1.29 is 9.47 Å². The number of hydrogen-bond acceptors (Lipinski definition) is 4. The molecule has 0 saturated carbocycles. The molecule has 0 aliphatic carbocycles. The predicted molar refractivity (Wildman–Crippen MR) is 109 cm³/mol. The number of methoxy groups -OCH3 is 1. The van der Waals surface area contributed by atoms with Crippen LogP contribution >= 0.6 is 11.6 Å². The molecular weight excluding hydrogens is 366 g/mol. The summed E-state index contributed by atoms with van der Waals surface area (Å²) in [6.07, 6.45) is 1.75. The average molecular weight is 390 g/mol. The van der Waals surface area contributed by atoms with Gasteiger partial charge < -0.3 is 9.47 Å². The number of benzene rings is 1. The first kappa shape index (κ1) is 18.9. The van der Waals surface area contributed by atoms with Crippen LogP contribution in [0.2, 0.25) is 30.8 Å². The van der Waals surface area contributed by atoms with Gasteiger partial charge in [-0.1, -0.05) is 43.4 Å². The van der Waals surface area contributed by atoms with E-state index in [4.69, 9.17) is 26.2 Å². The Morgan fingerprint density at radius 1 is 1.19 bits per heavy atom. The van der Waals surface area contributed by atoms with Crippen molar-refractivity contribution in [2.75, 3.05) is 13.7 Å². The van der Waals surface area contributed by atoms with Gasteiger partial charge in [-0.3, -0.25) is 0 Å². The zero-order valence-corrected chi connectivity index (χ0v) is 17.4. The van der Waals surface area contributed by atoms with Crippen LogP contribution < -0.4 is 4.74 Å². The highest BCUT2D eigenvalue weighted by molar-refractivity contribution is 6.76. The number of hydrogen-bond donors (Lipinski definition) is 0. The minimum absolute atomic E-state index is 0.397. The molecule has 0 aliphatic rings. The van der Waals surface area contributed by atoms with Gasteiger partial charge in [-0.25, -0.2) is 9.67 Å². The van der Waals surface area contributed by atoms with Crippen LogP contribution in [-0.2, 0) is 11.5 Å². The maximum Gasteiger partial charge on any atom is 0.140 e. The molecule has 0 fully saturated rings. The van der Waals surface area contributed by atoms with Crippen molar-refractivity contribution in [3.63, 3.8) is 0 Å². The van der Waals surface area contributed by atoms with E-state index in [9.17, 15) is 0 Å². The van der Waals surface area contributed by atoms with Crippen molar-refractivity contribution in [1.29, 1.82) is 0 Å². The van der Waals surface area contributed by atoms with E-state index in [-0.39, 0.29) is 0 Å². The average Bonchev–Trinajstić information content (AvgIpc) is 2.96. The SMILES string of the molecule is COc1cccc(-c2nn(COCC[Si](C)(C)C)c3cnc(Cl)cc23)c1. The lowest BCUT2D eigenvalue weighted by molar-refractivity contribution is 0.0818. The summed E-state index contributed by atoms with van der Waals surface area (Å²) in [5.41, 5.74) is 2.72. The maximum atomic E-state index is 6.12. The molecule has 0 N–H and O–H groups in total. The topological polar surface area (TPSA) is 49.2 Å². The number of pyridine rings is 1. The molecule has 0 amide bonds. The number of ether oxygens (including phenoxy) is 2. The first-order valence-corrected chi connectivity index (χ1v) is 12.7. The molecule has 0 spiro atoms. The number of rotatable bonds is 7. The van der Waals surface area contributed by atoms with Gasteiger partial charge in [0.15, 0.2) is 0 Å². The molecule has 0 bridgehead atoms. The number of halogens is 1. The molecule has 26 heavy (non-hydrogen) atoms. The Balaban J connectivity index is 1.92. The highest BCUT2D eigenvalue weighted by Crippen LogP contribution is 2.31. The van der Waals surface area contributed by atoms with Gasteiger partial charge in [0.1, 0.15) is 23.3 Å². The van der Waals surface area contributed by atoms with Gasteiger partial charge >= 0.3 is 0 Å². The van der Waals surface area contributed by atoms with E-state index in [0.717, 1.165) is 40.6 Å².